The normalized spacial score (nSPS) is 14.7. The second-order valence-electron chi connectivity index (χ2n) is 6.58. The zero-order chi connectivity index (χ0) is 18.0. The number of guanidine groups is 1. The lowest BCUT2D eigenvalue weighted by Crippen LogP contribution is -2.38. The van der Waals surface area contributed by atoms with Crippen LogP contribution in [0.1, 0.15) is 30.5 Å². The minimum atomic E-state index is 0.849. The molecule has 1 fully saturated rings. The van der Waals surface area contributed by atoms with Crippen molar-refractivity contribution in [2.24, 2.45) is 4.99 Å². The molecule has 1 aromatic heterocycles. The molecule has 0 spiro atoms. The highest BCUT2D eigenvalue weighted by Crippen LogP contribution is 2.24. The molecule has 1 saturated heterocycles. The average Bonchev–Trinajstić information content (AvgIpc) is 3.36. The molecule has 0 saturated carbocycles. The summed E-state index contributed by atoms with van der Waals surface area (Å²) in [6.07, 6.45) is 5.69. The molecule has 0 radical (unpaired) electrons. The molecule has 3 rings (SSSR count). The molecular weight excluding hydrogens is 342 g/mol. The smallest absolute Gasteiger partial charge is 0.190 e. The molecule has 5 nitrogen and oxygen atoms in total. The number of hydrogen-bond acceptors (Lipinski definition) is 4. The van der Waals surface area contributed by atoms with E-state index < -0.39 is 0 Å². The Morgan fingerprint density at radius 2 is 1.88 bits per heavy atom. The van der Waals surface area contributed by atoms with E-state index >= 15 is 0 Å². The maximum atomic E-state index is 4.77. The van der Waals surface area contributed by atoms with Crippen molar-refractivity contribution in [2.75, 3.05) is 38.1 Å². The molecule has 1 aromatic carbocycles. The molecule has 1 aliphatic heterocycles. The van der Waals surface area contributed by atoms with Crippen LogP contribution in [-0.2, 0) is 12.8 Å². The second-order valence-corrected chi connectivity index (χ2v) is 7.42. The van der Waals surface area contributed by atoms with Crippen LogP contribution in [0.2, 0.25) is 0 Å². The summed E-state index contributed by atoms with van der Waals surface area (Å²) in [5.41, 5.74) is 2.55. The Labute approximate surface area is 160 Å². The molecule has 0 amide bonds. The summed E-state index contributed by atoms with van der Waals surface area (Å²) < 4.78 is 0. The van der Waals surface area contributed by atoms with Crippen LogP contribution in [0.25, 0.3) is 0 Å². The molecule has 0 unspecified atom stereocenters. The zero-order valence-corrected chi connectivity index (χ0v) is 16.4. The van der Waals surface area contributed by atoms with Gasteiger partial charge in [0, 0.05) is 45.0 Å². The summed E-state index contributed by atoms with van der Waals surface area (Å²) in [6.45, 7) is 4.08. The SMILES string of the molecule is CN=C(NCCCc1ccccc1)NCCc1csc(N2CCCC2)n1. The fourth-order valence-corrected chi connectivity index (χ4v) is 4.05. The third-order valence-electron chi connectivity index (χ3n) is 4.59. The second kappa shape index (κ2) is 10.2. The predicted octanol–water partition coefficient (Wildman–Crippen LogP) is 3.08. The number of nitrogens with zero attached hydrogens (tertiary/aromatic N) is 3. The van der Waals surface area contributed by atoms with Crippen molar-refractivity contribution in [3.8, 4) is 0 Å². The van der Waals surface area contributed by atoms with Gasteiger partial charge in [-0.25, -0.2) is 4.98 Å². The first-order valence-electron chi connectivity index (χ1n) is 9.53. The van der Waals surface area contributed by atoms with Crippen molar-refractivity contribution < 1.29 is 0 Å². The van der Waals surface area contributed by atoms with Crippen molar-refractivity contribution in [3.05, 3.63) is 47.0 Å². The van der Waals surface area contributed by atoms with Gasteiger partial charge in [0.2, 0.25) is 0 Å². The van der Waals surface area contributed by atoms with Gasteiger partial charge in [0.15, 0.2) is 11.1 Å². The standard InChI is InChI=1S/C20H29N5S/c1-21-19(22-12-7-10-17-8-3-2-4-9-17)23-13-11-18-16-26-20(24-18)25-14-5-6-15-25/h2-4,8-9,16H,5-7,10-15H2,1H3,(H2,21,22,23). The average molecular weight is 372 g/mol. The molecule has 1 aliphatic rings. The van der Waals surface area contributed by atoms with E-state index in [0.29, 0.717) is 0 Å². The van der Waals surface area contributed by atoms with Gasteiger partial charge in [0.05, 0.1) is 5.69 Å². The number of hydrogen-bond donors (Lipinski definition) is 2. The van der Waals surface area contributed by atoms with Gasteiger partial charge in [-0.1, -0.05) is 30.3 Å². The van der Waals surface area contributed by atoms with Gasteiger partial charge >= 0.3 is 0 Å². The summed E-state index contributed by atoms with van der Waals surface area (Å²) in [5.74, 6) is 0.869. The summed E-state index contributed by atoms with van der Waals surface area (Å²) in [5, 5.41) is 10.1. The van der Waals surface area contributed by atoms with Gasteiger partial charge in [-0.3, -0.25) is 4.99 Å². The van der Waals surface area contributed by atoms with E-state index in [9.17, 15) is 0 Å². The molecule has 0 atom stereocenters. The third-order valence-corrected chi connectivity index (χ3v) is 5.54. The molecule has 26 heavy (non-hydrogen) atoms. The van der Waals surface area contributed by atoms with Crippen molar-refractivity contribution in [2.45, 2.75) is 32.1 Å². The molecule has 2 heterocycles. The van der Waals surface area contributed by atoms with Gasteiger partial charge in [-0.15, -0.1) is 11.3 Å². The minimum absolute atomic E-state index is 0.849. The Kier molecular flexibility index (Phi) is 7.31. The van der Waals surface area contributed by atoms with E-state index in [4.69, 9.17) is 4.98 Å². The molecular formula is C20H29N5S. The molecule has 0 aliphatic carbocycles. The molecule has 6 heteroatoms. The summed E-state index contributed by atoms with van der Waals surface area (Å²) in [6, 6.07) is 10.6. The largest absolute Gasteiger partial charge is 0.356 e. The highest BCUT2D eigenvalue weighted by Gasteiger charge is 2.15. The topological polar surface area (TPSA) is 52.6 Å². The van der Waals surface area contributed by atoms with Crippen LogP contribution in [0.5, 0.6) is 0 Å². The van der Waals surface area contributed by atoms with Crippen LogP contribution in [0.3, 0.4) is 0 Å². The maximum absolute atomic E-state index is 4.77. The van der Waals surface area contributed by atoms with E-state index in [1.165, 1.54) is 29.2 Å². The number of aryl methyl sites for hydroxylation is 1. The quantitative estimate of drug-likeness (QED) is 0.425. The first-order chi connectivity index (χ1) is 12.8. The fraction of sp³-hybridized carbons (Fsp3) is 0.500. The Balaban J connectivity index is 1.32. The van der Waals surface area contributed by atoms with Crippen molar-refractivity contribution in [3.63, 3.8) is 0 Å². The van der Waals surface area contributed by atoms with Crippen LogP contribution in [0.15, 0.2) is 40.7 Å². The highest BCUT2D eigenvalue weighted by molar-refractivity contribution is 7.13. The predicted molar refractivity (Wildman–Crippen MR) is 111 cm³/mol. The van der Waals surface area contributed by atoms with Crippen molar-refractivity contribution >= 4 is 22.4 Å². The molecule has 0 bridgehead atoms. The Morgan fingerprint density at radius 1 is 1.12 bits per heavy atom. The monoisotopic (exact) mass is 371 g/mol. The Morgan fingerprint density at radius 3 is 2.65 bits per heavy atom. The zero-order valence-electron chi connectivity index (χ0n) is 15.6. The van der Waals surface area contributed by atoms with E-state index in [0.717, 1.165) is 51.4 Å². The van der Waals surface area contributed by atoms with Gasteiger partial charge in [-0.05, 0) is 31.2 Å². The van der Waals surface area contributed by atoms with E-state index in [1.54, 1.807) is 11.3 Å². The first-order valence-corrected chi connectivity index (χ1v) is 10.4. The number of aromatic nitrogens is 1. The van der Waals surface area contributed by atoms with Gasteiger partial charge in [-0.2, -0.15) is 0 Å². The fourth-order valence-electron chi connectivity index (χ4n) is 3.14. The van der Waals surface area contributed by atoms with Crippen molar-refractivity contribution in [1.82, 2.24) is 15.6 Å². The van der Waals surface area contributed by atoms with E-state index in [2.05, 4.69) is 56.2 Å². The number of thiazole rings is 1. The number of aliphatic imine (C=N–C) groups is 1. The van der Waals surface area contributed by atoms with Crippen LogP contribution in [0, 0.1) is 0 Å². The third kappa shape index (κ3) is 5.73. The Bertz CT molecular complexity index is 677. The van der Waals surface area contributed by atoms with Crippen LogP contribution < -0.4 is 15.5 Å². The number of rotatable bonds is 8. The lowest BCUT2D eigenvalue weighted by atomic mass is 10.1. The van der Waals surface area contributed by atoms with Crippen LogP contribution >= 0.6 is 11.3 Å². The number of nitrogens with one attached hydrogen (secondary N) is 2. The summed E-state index contributed by atoms with van der Waals surface area (Å²) >= 11 is 1.77. The van der Waals surface area contributed by atoms with Crippen molar-refractivity contribution in [1.29, 1.82) is 0 Å². The molecule has 2 N–H and O–H groups in total. The van der Waals surface area contributed by atoms with E-state index in [1.807, 2.05) is 7.05 Å². The summed E-state index contributed by atoms with van der Waals surface area (Å²) in [4.78, 5) is 11.5. The minimum Gasteiger partial charge on any atom is -0.356 e. The maximum Gasteiger partial charge on any atom is 0.190 e. The Hall–Kier alpha value is -2.08. The van der Waals surface area contributed by atoms with Gasteiger partial charge in [0.25, 0.3) is 0 Å². The highest BCUT2D eigenvalue weighted by atomic mass is 32.1. The van der Waals surface area contributed by atoms with Gasteiger partial charge in [0.1, 0.15) is 0 Å². The van der Waals surface area contributed by atoms with Gasteiger partial charge < -0.3 is 15.5 Å². The molecule has 2 aromatic rings. The van der Waals surface area contributed by atoms with E-state index in [-0.39, 0.29) is 0 Å². The number of benzene rings is 1. The number of anilines is 1. The molecule has 140 valence electrons. The summed E-state index contributed by atoms with van der Waals surface area (Å²) in [7, 11) is 1.82. The van der Waals surface area contributed by atoms with Crippen LogP contribution in [0.4, 0.5) is 5.13 Å². The van der Waals surface area contributed by atoms with Crippen LogP contribution in [-0.4, -0.2) is 44.2 Å². The lowest BCUT2D eigenvalue weighted by Gasteiger charge is -2.12. The first kappa shape index (κ1) is 18.7. The lowest BCUT2D eigenvalue weighted by molar-refractivity contribution is 0.736.